The van der Waals surface area contributed by atoms with E-state index in [9.17, 15) is 13.8 Å². The predicted octanol–water partition coefficient (Wildman–Crippen LogP) is 5.80. The number of carbonyl (C=O) groups excluding carboxylic acids is 1. The second-order valence-electron chi connectivity index (χ2n) is 11.7. The Morgan fingerprint density at radius 3 is 2.68 bits per heavy atom. The summed E-state index contributed by atoms with van der Waals surface area (Å²) in [7, 11) is 0. The maximum Gasteiger partial charge on any atom is 0.292 e. The molecule has 2 N–H and O–H groups in total. The third kappa shape index (κ3) is 6.06. The standard InChI is InChI=1S/C27H34FN5O3S/c1-25(2)10-8-17(9-11-25)22-21(32-24(35)23-30-19(14-29)15-33(23)37-28)7-6-20(31-22)18-12-26(3,4)36-27(5,13-18)16-34/h6-8,15,18,34H,9-13,16H2,1-5H3,(H,32,35). The zero-order valence-electron chi connectivity index (χ0n) is 22.0. The highest BCUT2D eigenvalue weighted by molar-refractivity contribution is 7.92. The maximum absolute atomic E-state index is 13.4. The van der Waals surface area contributed by atoms with Crippen LogP contribution in [0, 0.1) is 16.7 Å². The summed E-state index contributed by atoms with van der Waals surface area (Å²) < 4.78 is 20.5. The fourth-order valence-electron chi connectivity index (χ4n) is 5.38. The molecule has 1 amide bonds. The van der Waals surface area contributed by atoms with Crippen LogP contribution in [0.15, 0.2) is 24.4 Å². The number of imidazole rings is 1. The molecule has 3 heterocycles. The number of amides is 1. The third-order valence-corrected chi connectivity index (χ3v) is 7.63. The van der Waals surface area contributed by atoms with Gasteiger partial charge in [0.15, 0.2) is 18.0 Å². The highest BCUT2D eigenvalue weighted by atomic mass is 32.2. The minimum absolute atomic E-state index is 0.0460. The van der Waals surface area contributed by atoms with Crippen LogP contribution in [0.1, 0.15) is 100 Å². The number of allylic oxidation sites excluding steroid dienone is 2. The molecule has 1 saturated heterocycles. The molecule has 2 aromatic heterocycles. The van der Waals surface area contributed by atoms with Crippen molar-refractivity contribution in [3.8, 4) is 6.07 Å². The van der Waals surface area contributed by atoms with E-state index in [1.807, 2.05) is 39.0 Å². The van der Waals surface area contributed by atoms with Gasteiger partial charge < -0.3 is 15.2 Å². The molecule has 2 aromatic rings. The zero-order chi connectivity index (χ0) is 27.0. The number of rotatable bonds is 6. The molecular formula is C27H34FN5O3S. The van der Waals surface area contributed by atoms with Gasteiger partial charge in [0, 0.05) is 11.6 Å². The minimum atomic E-state index is -0.672. The number of pyridine rings is 1. The topological polar surface area (TPSA) is 113 Å². The molecule has 198 valence electrons. The van der Waals surface area contributed by atoms with Gasteiger partial charge >= 0.3 is 0 Å². The molecule has 10 heteroatoms. The van der Waals surface area contributed by atoms with Crippen molar-refractivity contribution in [2.45, 2.75) is 83.8 Å². The Morgan fingerprint density at radius 1 is 1.30 bits per heavy atom. The summed E-state index contributed by atoms with van der Waals surface area (Å²) in [6, 6.07) is 5.56. The second-order valence-corrected chi connectivity index (χ2v) is 12.2. The Balaban J connectivity index is 1.72. The van der Waals surface area contributed by atoms with Crippen LogP contribution in [0.2, 0.25) is 0 Å². The summed E-state index contributed by atoms with van der Waals surface area (Å²) in [5.41, 5.74) is 2.16. The van der Waals surface area contributed by atoms with Crippen molar-refractivity contribution < 1.29 is 18.5 Å². The molecule has 1 aliphatic heterocycles. The van der Waals surface area contributed by atoms with Gasteiger partial charge in [0.25, 0.3) is 5.91 Å². The molecule has 0 bridgehead atoms. The van der Waals surface area contributed by atoms with Gasteiger partial charge in [-0.2, -0.15) is 5.26 Å². The molecular weight excluding hydrogens is 493 g/mol. The number of aromatic nitrogens is 3. The summed E-state index contributed by atoms with van der Waals surface area (Å²) in [4.78, 5) is 22.1. The molecule has 1 aliphatic carbocycles. The van der Waals surface area contributed by atoms with Gasteiger partial charge in [-0.15, -0.1) is 3.89 Å². The molecule has 1 fully saturated rings. The first-order valence-corrected chi connectivity index (χ1v) is 13.2. The van der Waals surface area contributed by atoms with Crippen LogP contribution in [0.5, 0.6) is 0 Å². The third-order valence-electron chi connectivity index (χ3n) is 7.20. The van der Waals surface area contributed by atoms with Crippen LogP contribution in [-0.2, 0) is 4.74 Å². The van der Waals surface area contributed by atoms with Gasteiger partial charge in [0.1, 0.15) is 6.07 Å². The molecule has 0 saturated carbocycles. The van der Waals surface area contributed by atoms with Crippen molar-refractivity contribution in [1.29, 1.82) is 5.26 Å². The van der Waals surface area contributed by atoms with Crippen molar-refractivity contribution in [2.75, 3.05) is 11.9 Å². The normalized spacial score (nSPS) is 24.7. The molecule has 4 rings (SSSR count). The van der Waals surface area contributed by atoms with Crippen LogP contribution in [0.3, 0.4) is 0 Å². The Kier molecular flexibility index (Phi) is 7.52. The molecule has 2 aliphatic rings. The predicted molar refractivity (Wildman–Crippen MR) is 141 cm³/mol. The van der Waals surface area contributed by atoms with E-state index in [-0.39, 0.29) is 41.8 Å². The first kappa shape index (κ1) is 27.3. The fraction of sp³-hybridized carbons (Fsp3) is 0.556. The van der Waals surface area contributed by atoms with Gasteiger partial charge in [-0.25, -0.2) is 8.96 Å². The monoisotopic (exact) mass is 527 g/mol. The highest BCUT2D eigenvalue weighted by Crippen LogP contribution is 2.44. The number of ether oxygens (including phenoxy) is 1. The first-order valence-electron chi connectivity index (χ1n) is 12.5. The van der Waals surface area contributed by atoms with Gasteiger partial charge in [-0.1, -0.05) is 19.9 Å². The number of nitrogens with one attached hydrogen (secondary N) is 1. The number of nitrogens with zero attached hydrogens (tertiary/aromatic N) is 4. The summed E-state index contributed by atoms with van der Waals surface area (Å²) in [6.45, 7) is 10.3. The van der Waals surface area contributed by atoms with Crippen molar-refractivity contribution in [1.82, 2.24) is 13.9 Å². The lowest BCUT2D eigenvalue weighted by molar-refractivity contribution is -0.187. The number of aliphatic hydroxyl groups excluding tert-OH is 1. The SMILES string of the molecule is CC1(C)CC=C(c2nc(C3CC(C)(C)OC(C)(CO)C3)ccc2NC(=O)c2nc(C#N)cn2SF)CC1. The van der Waals surface area contributed by atoms with E-state index in [2.05, 4.69) is 30.2 Å². The largest absolute Gasteiger partial charge is 0.393 e. The smallest absolute Gasteiger partial charge is 0.292 e. The van der Waals surface area contributed by atoms with Crippen LogP contribution in [0.25, 0.3) is 5.57 Å². The number of hydrogen-bond acceptors (Lipinski definition) is 7. The average molecular weight is 528 g/mol. The number of halogens is 1. The van der Waals surface area contributed by atoms with E-state index in [0.29, 0.717) is 17.8 Å². The second kappa shape index (κ2) is 10.2. The van der Waals surface area contributed by atoms with Gasteiger partial charge in [-0.3, -0.25) is 9.78 Å². The number of aliphatic hydroxyl groups is 1. The van der Waals surface area contributed by atoms with Crippen LogP contribution < -0.4 is 5.32 Å². The number of anilines is 1. The lowest BCUT2D eigenvalue weighted by Gasteiger charge is -2.46. The van der Waals surface area contributed by atoms with E-state index in [0.717, 1.165) is 40.9 Å². The molecule has 8 nitrogen and oxygen atoms in total. The van der Waals surface area contributed by atoms with Crippen molar-refractivity contribution in [2.24, 2.45) is 5.41 Å². The van der Waals surface area contributed by atoms with Gasteiger partial charge in [-0.05, 0) is 76.0 Å². The van der Waals surface area contributed by atoms with E-state index in [4.69, 9.17) is 15.0 Å². The Morgan fingerprint density at radius 2 is 2.05 bits per heavy atom. The Hall–Kier alpha value is -2.74. The lowest BCUT2D eigenvalue weighted by Crippen LogP contribution is -2.48. The zero-order valence-corrected chi connectivity index (χ0v) is 22.8. The summed E-state index contributed by atoms with van der Waals surface area (Å²) >= 11 is -0.192. The van der Waals surface area contributed by atoms with Crippen molar-refractivity contribution in [3.63, 3.8) is 0 Å². The van der Waals surface area contributed by atoms with Crippen molar-refractivity contribution in [3.05, 3.63) is 47.3 Å². The molecule has 2 atom stereocenters. The van der Waals surface area contributed by atoms with Crippen LogP contribution >= 0.6 is 12.3 Å². The molecule has 37 heavy (non-hydrogen) atoms. The number of nitriles is 1. The number of hydrogen-bond donors (Lipinski definition) is 2. The van der Waals surface area contributed by atoms with Gasteiger partial charge in [0.2, 0.25) is 5.82 Å². The quantitative estimate of drug-likeness (QED) is 0.488. The maximum atomic E-state index is 13.4. The van der Waals surface area contributed by atoms with Crippen molar-refractivity contribution >= 4 is 29.5 Å². The summed E-state index contributed by atoms with van der Waals surface area (Å²) in [5.74, 6) is -0.771. The molecule has 0 radical (unpaired) electrons. The Labute approximate surface area is 221 Å². The average Bonchev–Trinajstić information content (AvgIpc) is 3.27. The minimum Gasteiger partial charge on any atom is -0.393 e. The fourth-order valence-corrected chi connectivity index (χ4v) is 5.71. The summed E-state index contributed by atoms with van der Waals surface area (Å²) in [6.07, 6.45) is 7.42. The van der Waals surface area contributed by atoms with Crippen LogP contribution in [0.4, 0.5) is 9.57 Å². The van der Waals surface area contributed by atoms with E-state index >= 15 is 0 Å². The van der Waals surface area contributed by atoms with E-state index in [1.54, 1.807) is 0 Å². The first-order chi connectivity index (χ1) is 17.4. The van der Waals surface area contributed by atoms with Crippen LogP contribution in [-0.4, -0.2) is 42.8 Å². The molecule has 0 aromatic carbocycles. The highest BCUT2D eigenvalue weighted by Gasteiger charge is 2.43. The van der Waals surface area contributed by atoms with E-state index in [1.165, 1.54) is 6.20 Å². The Bertz CT molecular complexity index is 1270. The van der Waals surface area contributed by atoms with E-state index < -0.39 is 17.1 Å². The number of carbonyl (C=O) groups is 1. The summed E-state index contributed by atoms with van der Waals surface area (Å²) in [5, 5.41) is 22.0. The molecule has 0 spiro atoms. The lowest BCUT2D eigenvalue weighted by atomic mass is 9.77. The van der Waals surface area contributed by atoms with Gasteiger partial charge in [0.05, 0.1) is 35.4 Å². The molecule has 2 unspecified atom stereocenters.